The number of hydrogen-bond donors (Lipinski definition) is 1. The normalized spacial score (nSPS) is 12.6. The number of rotatable bonds is 6. The van der Waals surface area contributed by atoms with Crippen LogP contribution in [0, 0.1) is 0 Å². The van der Waals surface area contributed by atoms with Crippen molar-refractivity contribution < 1.29 is 13.7 Å². The zero-order chi connectivity index (χ0) is 19.7. The zero-order valence-electron chi connectivity index (χ0n) is 16.0. The van der Waals surface area contributed by atoms with Gasteiger partial charge in [0.2, 0.25) is 5.76 Å². The fraction of sp³-hybridized carbons (Fsp3) is 0.238. The third-order valence-electron chi connectivity index (χ3n) is 4.87. The van der Waals surface area contributed by atoms with Gasteiger partial charge >= 0.3 is 0 Å². The standard InChI is InChI=1S/C21H22N4O3/c1-24(2)18(15-13-25(3)17-8-5-4-7-14(15)17)12-22-21(26)16-11-20(28-23-16)19-9-6-10-27-19/h4-11,13,18H,12H2,1-3H3,(H,22,26)/t18-/m1/s1. The Labute approximate surface area is 162 Å². The average molecular weight is 378 g/mol. The summed E-state index contributed by atoms with van der Waals surface area (Å²) in [6.07, 6.45) is 3.66. The van der Waals surface area contributed by atoms with Gasteiger partial charge < -0.3 is 23.7 Å². The molecular formula is C21H22N4O3. The van der Waals surface area contributed by atoms with Crippen LogP contribution >= 0.6 is 0 Å². The largest absolute Gasteiger partial charge is 0.461 e. The van der Waals surface area contributed by atoms with Crippen LogP contribution in [-0.4, -0.2) is 41.2 Å². The molecule has 1 atom stereocenters. The summed E-state index contributed by atoms with van der Waals surface area (Å²) in [7, 11) is 6.04. The van der Waals surface area contributed by atoms with Gasteiger partial charge in [-0.2, -0.15) is 0 Å². The number of aromatic nitrogens is 2. The minimum absolute atomic E-state index is 0.0199. The highest BCUT2D eigenvalue weighted by Gasteiger charge is 2.21. The number of hydrogen-bond acceptors (Lipinski definition) is 5. The molecule has 1 N–H and O–H groups in total. The number of aryl methyl sites for hydroxylation is 1. The Balaban J connectivity index is 1.52. The lowest BCUT2D eigenvalue weighted by Gasteiger charge is -2.24. The van der Waals surface area contributed by atoms with E-state index in [1.165, 1.54) is 10.9 Å². The fourth-order valence-electron chi connectivity index (χ4n) is 3.41. The van der Waals surface area contributed by atoms with E-state index in [1.807, 2.05) is 33.3 Å². The van der Waals surface area contributed by atoms with E-state index in [0.29, 0.717) is 18.1 Å². The number of amides is 1. The molecule has 0 fully saturated rings. The highest BCUT2D eigenvalue weighted by Crippen LogP contribution is 2.28. The van der Waals surface area contributed by atoms with Gasteiger partial charge in [-0.05, 0) is 37.9 Å². The number of benzene rings is 1. The quantitative estimate of drug-likeness (QED) is 0.556. The second-order valence-corrected chi connectivity index (χ2v) is 6.96. The minimum Gasteiger partial charge on any atom is -0.461 e. The monoisotopic (exact) mass is 378 g/mol. The van der Waals surface area contributed by atoms with Crippen LogP contribution in [0.25, 0.3) is 22.4 Å². The van der Waals surface area contributed by atoms with E-state index in [1.54, 1.807) is 24.5 Å². The number of para-hydroxylation sites is 1. The summed E-state index contributed by atoms with van der Waals surface area (Å²) in [4.78, 5) is 14.7. The van der Waals surface area contributed by atoms with Crippen molar-refractivity contribution in [3.05, 3.63) is 66.2 Å². The molecule has 0 radical (unpaired) electrons. The predicted molar refractivity (Wildman–Crippen MR) is 106 cm³/mol. The van der Waals surface area contributed by atoms with E-state index >= 15 is 0 Å². The van der Waals surface area contributed by atoms with Gasteiger partial charge in [-0.15, -0.1) is 0 Å². The van der Waals surface area contributed by atoms with Crippen LogP contribution in [0.1, 0.15) is 22.1 Å². The SMILES string of the molecule is CN(C)[C@H](CNC(=O)c1cc(-c2ccco2)on1)c1cn(C)c2ccccc12. The number of furan rings is 1. The topological polar surface area (TPSA) is 76.4 Å². The van der Waals surface area contributed by atoms with Gasteiger partial charge in [-0.3, -0.25) is 4.79 Å². The molecule has 0 aliphatic heterocycles. The predicted octanol–water partition coefficient (Wildman–Crippen LogP) is 3.46. The summed E-state index contributed by atoms with van der Waals surface area (Å²) in [6.45, 7) is 0.447. The summed E-state index contributed by atoms with van der Waals surface area (Å²) in [5.74, 6) is 0.676. The van der Waals surface area contributed by atoms with Crippen molar-refractivity contribution in [2.24, 2.45) is 7.05 Å². The second-order valence-electron chi connectivity index (χ2n) is 6.96. The lowest BCUT2D eigenvalue weighted by molar-refractivity contribution is 0.0933. The van der Waals surface area contributed by atoms with Gasteiger partial charge in [0.25, 0.3) is 5.91 Å². The summed E-state index contributed by atoms with van der Waals surface area (Å²) in [5, 5.41) is 8.01. The lowest BCUT2D eigenvalue weighted by atomic mass is 10.0. The van der Waals surface area contributed by atoms with Crippen LogP contribution in [-0.2, 0) is 7.05 Å². The molecule has 3 heterocycles. The first-order chi connectivity index (χ1) is 13.5. The van der Waals surface area contributed by atoms with Crippen LogP contribution in [0.2, 0.25) is 0 Å². The molecule has 1 amide bonds. The average Bonchev–Trinajstić information content (AvgIpc) is 3.42. The number of carbonyl (C=O) groups is 1. The summed E-state index contributed by atoms with van der Waals surface area (Å²) in [6, 6.07) is 13.4. The van der Waals surface area contributed by atoms with Crippen molar-refractivity contribution in [2.45, 2.75) is 6.04 Å². The first-order valence-corrected chi connectivity index (χ1v) is 9.04. The van der Waals surface area contributed by atoms with E-state index in [4.69, 9.17) is 8.94 Å². The number of likely N-dealkylation sites (N-methyl/N-ethyl adjacent to an activating group) is 1. The van der Waals surface area contributed by atoms with Crippen LogP contribution in [0.15, 0.2) is 63.9 Å². The third-order valence-corrected chi connectivity index (χ3v) is 4.87. The van der Waals surface area contributed by atoms with E-state index in [0.717, 1.165) is 5.52 Å². The Morgan fingerprint density at radius 1 is 1.21 bits per heavy atom. The number of carbonyl (C=O) groups excluding carboxylic acids is 1. The van der Waals surface area contributed by atoms with Gasteiger partial charge in [0.05, 0.1) is 12.3 Å². The van der Waals surface area contributed by atoms with E-state index in [9.17, 15) is 4.79 Å². The molecule has 28 heavy (non-hydrogen) atoms. The Bertz CT molecular complexity index is 1090. The first kappa shape index (κ1) is 18.1. The maximum absolute atomic E-state index is 12.6. The van der Waals surface area contributed by atoms with Gasteiger partial charge in [0, 0.05) is 36.8 Å². The smallest absolute Gasteiger partial charge is 0.273 e. The van der Waals surface area contributed by atoms with Crippen LogP contribution in [0.4, 0.5) is 0 Å². The van der Waals surface area contributed by atoms with Gasteiger partial charge in [-0.25, -0.2) is 0 Å². The zero-order valence-corrected chi connectivity index (χ0v) is 16.0. The van der Waals surface area contributed by atoms with Crippen LogP contribution in [0.3, 0.4) is 0 Å². The Hall–Kier alpha value is -3.32. The maximum atomic E-state index is 12.6. The number of fused-ring (bicyclic) bond motifs is 1. The van der Waals surface area contributed by atoms with Gasteiger partial charge in [0.1, 0.15) is 0 Å². The molecule has 7 heteroatoms. The van der Waals surface area contributed by atoms with E-state index in [2.05, 4.69) is 38.3 Å². The molecule has 4 aromatic rings. The molecule has 4 rings (SSSR count). The molecule has 0 bridgehead atoms. The minimum atomic E-state index is -0.284. The lowest BCUT2D eigenvalue weighted by Crippen LogP contribution is -2.34. The Kier molecular flexibility index (Phi) is 4.75. The molecule has 0 saturated heterocycles. The molecule has 0 spiro atoms. The maximum Gasteiger partial charge on any atom is 0.273 e. The number of nitrogens with zero attached hydrogens (tertiary/aromatic N) is 3. The van der Waals surface area contributed by atoms with E-state index in [-0.39, 0.29) is 17.6 Å². The molecule has 7 nitrogen and oxygen atoms in total. The van der Waals surface area contributed by atoms with Crippen molar-refractivity contribution in [1.29, 1.82) is 0 Å². The van der Waals surface area contributed by atoms with Gasteiger partial charge in [-0.1, -0.05) is 23.4 Å². The summed E-state index contributed by atoms with van der Waals surface area (Å²) in [5.41, 5.74) is 2.55. The van der Waals surface area contributed by atoms with Crippen LogP contribution < -0.4 is 5.32 Å². The second kappa shape index (κ2) is 7.36. The van der Waals surface area contributed by atoms with E-state index < -0.39 is 0 Å². The number of nitrogens with one attached hydrogen (secondary N) is 1. The third kappa shape index (κ3) is 3.32. The van der Waals surface area contributed by atoms with Crippen molar-refractivity contribution in [2.75, 3.05) is 20.6 Å². The van der Waals surface area contributed by atoms with Crippen molar-refractivity contribution in [3.63, 3.8) is 0 Å². The Morgan fingerprint density at radius 3 is 2.79 bits per heavy atom. The van der Waals surface area contributed by atoms with Crippen molar-refractivity contribution >= 4 is 16.8 Å². The van der Waals surface area contributed by atoms with Crippen molar-refractivity contribution in [1.82, 2.24) is 19.9 Å². The summed E-state index contributed by atoms with van der Waals surface area (Å²) < 4.78 is 12.6. The molecule has 144 valence electrons. The summed E-state index contributed by atoms with van der Waals surface area (Å²) >= 11 is 0. The molecular weight excluding hydrogens is 356 g/mol. The molecule has 0 unspecified atom stereocenters. The molecule has 1 aromatic carbocycles. The van der Waals surface area contributed by atoms with Gasteiger partial charge in [0.15, 0.2) is 11.5 Å². The van der Waals surface area contributed by atoms with Crippen LogP contribution in [0.5, 0.6) is 0 Å². The highest BCUT2D eigenvalue weighted by molar-refractivity contribution is 5.93. The molecule has 0 aliphatic rings. The molecule has 0 saturated carbocycles. The molecule has 3 aromatic heterocycles. The molecule has 0 aliphatic carbocycles. The van der Waals surface area contributed by atoms with Crippen molar-refractivity contribution in [3.8, 4) is 11.5 Å². The fourth-order valence-corrected chi connectivity index (χ4v) is 3.41. The highest BCUT2D eigenvalue weighted by atomic mass is 16.5. The Morgan fingerprint density at radius 2 is 2.04 bits per heavy atom. The first-order valence-electron chi connectivity index (χ1n) is 9.04.